The molecule has 0 atom stereocenters. The van der Waals surface area contributed by atoms with Crippen LogP contribution in [0.15, 0.2) is 56.5 Å². The normalized spacial score (nSPS) is 12.4. The maximum atomic E-state index is 5.30. The summed E-state index contributed by atoms with van der Waals surface area (Å²) >= 11 is 1.57. The van der Waals surface area contributed by atoms with E-state index in [4.69, 9.17) is 4.42 Å². The van der Waals surface area contributed by atoms with Crippen molar-refractivity contribution < 1.29 is 4.42 Å². The molecule has 0 amide bonds. The minimum atomic E-state index is 0.715. The van der Waals surface area contributed by atoms with E-state index < -0.39 is 0 Å². The Hall–Kier alpha value is -2.40. The molecule has 2 heterocycles. The van der Waals surface area contributed by atoms with Crippen LogP contribution in [-0.4, -0.2) is 17.9 Å². The molecular formula is C17H17N3OS. The maximum Gasteiger partial charge on any atom is 0.205 e. The highest BCUT2D eigenvalue weighted by Crippen LogP contribution is 2.22. The van der Waals surface area contributed by atoms with E-state index in [0.29, 0.717) is 5.76 Å². The van der Waals surface area contributed by atoms with Gasteiger partial charge in [-0.25, -0.2) is 4.68 Å². The van der Waals surface area contributed by atoms with Crippen LogP contribution in [0.25, 0.3) is 11.3 Å². The zero-order chi connectivity index (χ0) is 15.5. The van der Waals surface area contributed by atoms with Crippen molar-refractivity contribution in [3.63, 3.8) is 0 Å². The van der Waals surface area contributed by atoms with Gasteiger partial charge in [0.2, 0.25) is 4.80 Å². The molecule has 0 saturated carbocycles. The summed E-state index contributed by atoms with van der Waals surface area (Å²) in [5.74, 6) is 0.715. The smallest absolute Gasteiger partial charge is 0.205 e. The average Bonchev–Trinajstić information content (AvgIpc) is 3.16. The van der Waals surface area contributed by atoms with Crippen LogP contribution in [-0.2, 0) is 0 Å². The molecular weight excluding hydrogens is 294 g/mol. The molecule has 4 nitrogen and oxygen atoms in total. The summed E-state index contributed by atoms with van der Waals surface area (Å²) in [6, 6.07) is 10.1. The number of nitrogens with zero attached hydrogens (tertiary/aromatic N) is 3. The van der Waals surface area contributed by atoms with Gasteiger partial charge in [0.25, 0.3) is 0 Å². The number of benzene rings is 1. The van der Waals surface area contributed by atoms with E-state index in [-0.39, 0.29) is 0 Å². The molecule has 0 unspecified atom stereocenters. The Morgan fingerprint density at radius 3 is 2.73 bits per heavy atom. The molecule has 3 rings (SSSR count). The van der Waals surface area contributed by atoms with Gasteiger partial charge in [0.05, 0.1) is 18.2 Å². The van der Waals surface area contributed by atoms with Crippen LogP contribution in [0.2, 0.25) is 0 Å². The Morgan fingerprint density at radius 2 is 2.05 bits per heavy atom. The predicted octanol–water partition coefficient (Wildman–Crippen LogP) is 3.84. The third-order valence-electron chi connectivity index (χ3n) is 3.52. The highest BCUT2D eigenvalue weighted by Gasteiger charge is 2.08. The van der Waals surface area contributed by atoms with Crippen molar-refractivity contribution in [1.82, 2.24) is 4.68 Å². The second kappa shape index (κ2) is 6.15. The Balaban J connectivity index is 2.09. The van der Waals surface area contributed by atoms with Gasteiger partial charge in [-0.05, 0) is 43.2 Å². The highest BCUT2D eigenvalue weighted by atomic mass is 32.1. The molecule has 0 saturated heterocycles. The fourth-order valence-corrected chi connectivity index (χ4v) is 2.94. The molecule has 0 aliphatic rings. The lowest BCUT2D eigenvalue weighted by molar-refractivity contribution is 0.559. The summed E-state index contributed by atoms with van der Waals surface area (Å²) in [5, 5.41) is 6.60. The third-order valence-corrected chi connectivity index (χ3v) is 4.43. The van der Waals surface area contributed by atoms with Crippen molar-refractivity contribution in [2.45, 2.75) is 13.8 Å². The van der Waals surface area contributed by atoms with Gasteiger partial charge in [-0.2, -0.15) is 5.10 Å². The minimum Gasteiger partial charge on any atom is -0.463 e. The summed E-state index contributed by atoms with van der Waals surface area (Å²) in [6.45, 7) is 4.23. The van der Waals surface area contributed by atoms with Gasteiger partial charge >= 0.3 is 0 Å². The van der Waals surface area contributed by atoms with Crippen LogP contribution in [0.5, 0.6) is 0 Å². The molecule has 22 heavy (non-hydrogen) atoms. The first-order valence-corrected chi connectivity index (χ1v) is 7.86. The average molecular weight is 311 g/mol. The summed E-state index contributed by atoms with van der Waals surface area (Å²) in [6.07, 6.45) is 3.33. The molecule has 0 bridgehead atoms. The first kappa shape index (κ1) is 14.5. The number of hydrogen-bond donors (Lipinski definition) is 0. The summed E-state index contributed by atoms with van der Waals surface area (Å²) < 4.78 is 7.14. The van der Waals surface area contributed by atoms with Crippen molar-refractivity contribution in [3.05, 3.63) is 63.7 Å². The first-order valence-electron chi connectivity index (χ1n) is 6.98. The van der Waals surface area contributed by atoms with Gasteiger partial charge in [-0.15, -0.1) is 11.3 Å². The van der Waals surface area contributed by atoms with E-state index in [1.165, 1.54) is 11.1 Å². The number of hydrogen-bond acceptors (Lipinski definition) is 4. The molecule has 5 heteroatoms. The van der Waals surface area contributed by atoms with Crippen LogP contribution in [0, 0.1) is 13.8 Å². The number of furan rings is 1. The van der Waals surface area contributed by atoms with E-state index >= 15 is 0 Å². The van der Waals surface area contributed by atoms with E-state index in [1.54, 1.807) is 30.9 Å². The second-order valence-corrected chi connectivity index (χ2v) is 5.83. The molecule has 2 aromatic heterocycles. The summed E-state index contributed by atoms with van der Waals surface area (Å²) in [4.78, 5) is 5.14. The van der Waals surface area contributed by atoms with Crippen molar-refractivity contribution in [3.8, 4) is 11.3 Å². The number of aryl methyl sites for hydroxylation is 2. The molecule has 3 aromatic rings. The summed E-state index contributed by atoms with van der Waals surface area (Å²) in [7, 11) is 1.77. The number of thiazole rings is 1. The monoisotopic (exact) mass is 311 g/mol. The lowest BCUT2D eigenvalue weighted by atomic mass is 10.1. The van der Waals surface area contributed by atoms with E-state index in [2.05, 4.69) is 47.5 Å². The summed E-state index contributed by atoms with van der Waals surface area (Å²) in [5.41, 5.74) is 4.70. The van der Waals surface area contributed by atoms with E-state index in [1.807, 2.05) is 16.8 Å². The largest absolute Gasteiger partial charge is 0.463 e. The van der Waals surface area contributed by atoms with E-state index in [0.717, 1.165) is 16.1 Å². The number of rotatable bonds is 3. The molecule has 0 N–H and O–H groups in total. The van der Waals surface area contributed by atoms with Crippen LogP contribution in [0.4, 0.5) is 0 Å². The van der Waals surface area contributed by atoms with Gasteiger partial charge in [-0.3, -0.25) is 4.99 Å². The van der Waals surface area contributed by atoms with Gasteiger partial charge in [0.1, 0.15) is 5.76 Å². The van der Waals surface area contributed by atoms with Crippen molar-refractivity contribution in [1.29, 1.82) is 0 Å². The lowest BCUT2D eigenvalue weighted by Crippen LogP contribution is -2.11. The van der Waals surface area contributed by atoms with E-state index in [9.17, 15) is 0 Å². The van der Waals surface area contributed by atoms with Crippen molar-refractivity contribution in [2.75, 3.05) is 7.05 Å². The van der Waals surface area contributed by atoms with Gasteiger partial charge in [0, 0.05) is 18.0 Å². The lowest BCUT2D eigenvalue weighted by Gasteiger charge is -2.06. The quantitative estimate of drug-likeness (QED) is 0.678. The standard InChI is InChI=1S/C17H17N3OS/c1-12-6-7-14(9-13(12)2)16-11-22-17(18-3)20(16)19-10-15-5-4-8-21-15/h4-11H,1-3H3. The van der Waals surface area contributed by atoms with Crippen LogP contribution in [0.3, 0.4) is 0 Å². The molecule has 0 spiro atoms. The van der Waals surface area contributed by atoms with Crippen LogP contribution in [0.1, 0.15) is 16.9 Å². The Morgan fingerprint density at radius 1 is 1.18 bits per heavy atom. The van der Waals surface area contributed by atoms with Crippen LogP contribution < -0.4 is 4.80 Å². The first-order chi connectivity index (χ1) is 10.7. The molecule has 112 valence electrons. The van der Waals surface area contributed by atoms with Gasteiger partial charge in [0.15, 0.2) is 0 Å². The highest BCUT2D eigenvalue weighted by molar-refractivity contribution is 7.07. The molecule has 1 aromatic carbocycles. The molecule has 0 aliphatic carbocycles. The third kappa shape index (κ3) is 2.80. The fourth-order valence-electron chi connectivity index (χ4n) is 2.14. The Labute approximate surface area is 133 Å². The molecule has 0 radical (unpaired) electrons. The van der Waals surface area contributed by atoms with Crippen molar-refractivity contribution in [2.24, 2.45) is 10.1 Å². The van der Waals surface area contributed by atoms with Crippen LogP contribution >= 0.6 is 11.3 Å². The SMILES string of the molecule is CN=c1scc(-c2ccc(C)c(C)c2)n1N=Cc1ccco1. The minimum absolute atomic E-state index is 0.715. The Bertz CT molecular complexity index is 870. The predicted molar refractivity (Wildman–Crippen MR) is 90.4 cm³/mol. The second-order valence-electron chi connectivity index (χ2n) is 5.00. The zero-order valence-electron chi connectivity index (χ0n) is 12.8. The van der Waals surface area contributed by atoms with Crippen molar-refractivity contribution >= 4 is 17.6 Å². The van der Waals surface area contributed by atoms with Gasteiger partial charge < -0.3 is 4.42 Å². The molecule has 0 fully saturated rings. The Kier molecular flexibility index (Phi) is 4.06. The maximum absolute atomic E-state index is 5.30. The number of aromatic nitrogens is 1. The van der Waals surface area contributed by atoms with Gasteiger partial charge in [-0.1, -0.05) is 12.1 Å². The fraction of sp³-hybridized carbons (Fsp3) is 0.176. The molecule has 0 aliphatic heterocycles. The topological polar surface area (TPSA) is 42.8 Å². The zero-order valence-corrected chi connectivity index (χ0v) is 13.6.